The van der Waals surface area contributed by atoms with Crippen LogP contribution in [0.15, 0.2) is 48.5 Å². The molecule has 184 valence electrons. The fourth-order valence-corrected chi connectivity index (χ4v) is 5.69. The Morgan fingerprint density at radius 2 is 1.71 bits per heavy atom. The lowest BCUT2D eigenvalue weighted by Crippen LogP contribution is -2.60. The molecular weight excluding hydrogens is 448 g/mol. The highest BCUT2D eigenvalue weighted by molar-refractivity contribution is 5.91. The van der Waals surface area contributed by atoms with Crippen LogP contribution < -0.4 is 5.32 Å². The van der Waals surface area contributed by atoms with E-state index < -0.39 is 29.1 Å². The van der Waals surface area contributed by atoms with Crippen molar-refractivity contribution in [1.82, 2.24) is 10.2 Å². The molecule has 2 saturated heterocycles. The van der Waals surface area contributed by atoms with Crippen molar-refractivity contribution in [3.8, 4) is 11.1 Å². The highest BCUT2D eigenvalue weighted by atomic mass is 16.5. The summed E-state index contributed by atoms with van der Waals surface area (Å²) in [5, 5.41) is 12.5. The van der Waals surface area contributed by atoms with Gasteiger partial charge in [-0.3, -0.25) is 4.79 Å². The highest BCUT2D eigenvalue weighted by Gasteiger charge is 2.55. The number of nitrogens with zero attached hydrogens (tertiary/aromatic N) is 1. The van der Waals surface area contributed by atoms with Crippen molar-refractivity contribution in [2.45, 2.75) is 44.2 Å². The molecular formula is C27H30N2O6. The van der Waals surface area contributed by atoms with Crippen molar-refractivity contribution in [1.29, 1.82) is 0 Å². The van der Waals surface area contributed by atoms with Crippen LogP contribution in [0.2, 0.25) is 0 Å². The van der Waals surface area contributed by atoms with Crippen LogP contribution in [0.3, 0.4) is 0 Å². The number of amides is 2. The summed E-state index contributed by atoms with van der Waals surface area (Å²) in [5.41, 5.74) is 2.20. The summed E-state index contributed by atoms with van der Waals surface area (Å²) in [4.78, 5) is 39.7. The summed E-state index contributed by atoms with van der Waals surface area (Å²) in [6, 6.07) is 15.6. The second-order valence-corrected chi connectivity index (χ2v) is 10.1. The average molecular weight is 479 g/mol. The molecule has 3 atom stereocenters. The number of hydrogen-bond donors (Lipinski definition) is 2. The first-order valence-electron chi connectivity index (χ1n) is 12.0. The molecule has 5 rings (SSSR count). The molecule has 35 heavy (non-hydrogen) atoms. The molecule has 8 heteroatoms. The quantitative estimate of drug-likeness (QED) is 0.683. The number of rotatable bonds is 5. The molecule has 2 heterocycles. The third kappa shape index (κ3) is 3.76. The molecule has 8 nitrogen and oxygen atoms in total. The maximum Gasteiger partial charge on any atom is 0.407 e. The summed E-state index contributed by atoms with van der Waals surface area (Å²) in [5.74, 6) is -1.41. The lowest BCUT2D eigenvalue weighted by molar-refractivity contribution is -0.160. The third-order valence-electron chi connectivity index (χ3n) is 7.93. The first-order chi connectivity index (χ1) is 16.8. The van der Waals surface area contributed by atoms with Crippen LogP contribution >= 0.6 is 0 Å². The Balaban J connectivity index is 1.27. The number of carbonyl (C=O) groups is 3. The number of alkyl carbamates (subject to hydrolysis) is 1. The van der Waals surface area contributed by atoms with Crippen LogP contribution in [-0.4, -0.2) is 65.9 Å². The number of hydrogen-bond acceptors (Lipinski definition) is 5. The summed E-state index contributed by atoms with van der Waals surface area (Å²) in [6.45, 7) is 4.09. The highest BCUT2D eigenvalue weighted by Crippen LogP contribution is 2.44. The zero-order valence-electron chi connectivity index (χ0n) is 20.0. The van der Waals surface area contributed by atoms with E-state index in [1.54, 1.807) is 13.8 Å². The third-order valence-corrected chi connectivity index (χ3v) is 7.93. The van der Waals surface area contributed by atoms with Crippen molar-refractivity contribution < 1.29 is 29.0 Å². The molecule has 0 saturated carbocycles. The topological polar surface area (TPSA) is 105 Å². The minimum absolute atomic E-state index is 0.0677. The van der Waals surface area contributed by atoms with Gasteiger partial charge >= 0.3 is 12.1 Å². The van der Waals surface area contributed by atoms with Gasteiger partial charge in [-0.05, 0) is 48.9 Å². The summed E-state index contributed by atoms with van der Waals surface area (Å²) < 4.78 is 11.2. The summed E-state index contributed by atoms with van der Waals surface area (Å²) in [6.07, 6.45) is 0.398. The molecule has 0 radical (unpaired) electrons. The van der Waals surface area contributed by atoms with Crippen LogP contribution in [-0.2, 0) is 19.1 Å². The van der Waals surface area contributed by atoms with Gasteiger partial charge in [0.2, 0.25) is 5.91 Å². The molecule has 2 N–H and O–H groups in total. The zero-order chi connectivity index (χ0) is 24.8. The second-order valence-electron chi connectivity index (χ2n) is 10.1. The van der Waals surface area contributed by atoms with Gasteiger partial charge in [-0.1, -0.05) is 48.5 Å². The number of fused-ring (bicyclic) bond motifs is 3. The first-order valence-corrected chi connectivity index (χ1v) is 12.0. The predicted molar refractivity (Wildman–Crippen MR) is 128 cm³/mol. The fraction of sp³-hybridized carbons (Fsp3) is 0.444. The molecule has 1 aliphatic carbocycles. The molecule has 2 unspecified atom stereocenters. The van der Waals surface area contributed by atoms with Gasteiger partial charge in [0.05, 0.1) is 24.7 Å². The number of nitrogens with one attached hydrogen (secondary N) is 1. The SMILES string of the molecule is CC1(C(=O)N2CCC[C@@]2(C)C(=O)O)COCC1NC(=O)OCC1c2ccccc2-c2ccccc21. The van der Waals surface area contributed by atoms with E-state index >= 15 is 0 Å². The molecule has 2 amide bonds. The molecule has 0 bridgehead atoms. The number of ether oxygens (including phenoxy) is 2. The Morgan fingerprint density at radius 1 is 1.09 bits per heavy atom. The average Bonchev–Trinajstić information content (AvgIpc) is 3.52. The van der Waals surface area contributed by atoms with Gasteiger partial charge in [-0.25, -0.2) is 9.59 Å². The van der Waals surface area contributed by atoms with E-state index in [1.165, 1.54) is 4.90 Å². The summed E-state index contributed by atoms with van der Waals surface area (Å²) >= 11 is 0. The number of benzene rings is 2. The van der Waals surface area contributed by atoms with Gasteiger partial charge in [-0.2, -0.15) is 0 Å². The Morgan fingerprint density at radius 3 is 2.34 bits per heavy atom. The fourth-order valence-electron chi connectivity index (χ4n) is 5.69. The molecule has 2 aromatic carbocycles. The lowest BCUT2D eigenvalue weighted by Gasteiger charge is -2.38. The van der Waals surface area contributed by atoms with Gasteiger partial charge in [0.25, 0.3) is 0 Å². The van der Waals surface area contributed by atoms with Crippen molar-refractivity contribution in [3.05, 3.63) is 59.7 Å². The summed E-state index contributed by atoms with van der Waals surface area (Å²) in [7, 11) is 0. The molecule has 0 spiro atoms. The van der Waals surface area contributed by atoms with Gasteiger partial charge in [-0.15, -0.1) is 0 Å². The molecule has 2 aliphatic heterocycles. The monoisotopic (exact) mass is 478 g/mol. The van der Waals surface area contributed by atoms with E-state index in [9.17, 15) is 19.5 Å². The Bertz CT molecular complexity index is 1140. The van der Waals surface area contributed by atoms with Crippen LogP contribution in [0.25, 0.3) is 11.1 Å². The van der Waals surface area contributed by atoms with E-state index in [4.69, 9.17) is 9.47 Å². The number of carboxylic acid groups (broad SMARTS) is 1. The lowest BCUT2D eigenvalue weighted by atomic mass is 9.82. The molecule has 2 aromatic rings. The Hall–Kier alpha value is -3.39. The van der Waals surface area contributed by atoms with Crippen molar-refractivity contribution in [2.24, 2.45) is 5.41 Å². The maximum atomic E-state index is 13.5. The van der Waals surface area contributed by atoms with Gasteiger partial charge in [0.1, 0.15) is 12.1 Å². The van der Waals surface area contributed by atoms with Gasteiger partial charge < -0.3 is 24.8 Å². The minimum atomic E-state index is -1.25. The van der Waals surface area contributed by atoms with Crippen molar-refractivity contribution in [3.63, 3.8) is 0 Å². The van der Waals surface area contributed by atoms with E-state index in [-0.39, 0.29) is 31.6 Å². The zero-order valence-corrected chi connectivity index (χ0v) is 20.0. The van der Waals surface area contributed by atoms with Crippen molar-refractivity contribution in [2.75, 3.05) is 26.4 Å². The maximum absolute atomic E-state index is 13.5. The van der Waals surface area contributed by atoms with E-state index in [0.717, 1.165) is 22.3 Å². The second kappa shape index (κ2) is 8.68. The van der Waals surface area contributed by atoms with Crippen molar-refractivity contribution >= 4 is 18.0 Å². The van der Waals surface area contributed by atoms with E-state index in [2.05, 4.69) is 29.6 Å². The van der Waals surface area contributed by atoms with Crippen LogP contribution in [0, 0.1) is 5.41 Å². The largest absolute Gasteiger partial charge is 0.480 e. The van der Waals surface area contributed by atoms with Crippen LogP contribution in [0.1, 0.15) is 43.7 Å². The van der Waals surface area contributed by atoms with Gasteiger partial charge in [0, 0.05) is 12.5 Å². The predicted octanol–water partition coefficient (Wildman–Crippen LogP) is 3.40. The number of aliphatic carboxylic acids is 1. The number of likely N-dealkylation sites (tertiary alicyclic amines) is 1. The minimum Gasteiger partial charge on any atom is -0.480 e. The van der Waals surface area contributed by atoms with E-state index in [0.29, 0.717) is 19.4 Å². The molecule has 2 fully saturated rings. The molecule has 3 aliphatic rings. The Labute approximate surface area is 204 Å². The first kappa shape index (κ1) is 23.4. The number of carboxylic acids is 1. The standard InChI is InChI=1S/C27H30N2O6/c1-26(23(30)29-13-7-12-27(29,2)24(31)32)16-34-15-22(26)28-25(33)35-14-21-19-10-5-3-8-17(19)18-9-4-6-11-20(18)21/h3-6,8-11,21-22H,7,12-16H2,1-2H3,(H,28,33)(H,31,32)/t22?,26?,27-/m0/s1. The van der Waals surface area contributed by atoms with Crippen LogP contribution in [0.4, 0.5) is 4.79 Å². The normalized spacial score (nSPS) is 27.4. The smallest absolute Gasteiger partial charge is 0.407 e. The van der Waals surface area contributed by atoms with Gasteiger partial charge in [0.15, 0.2) is 0 Å². The Kier molecular flexibility index (Phi) is 5.79. The molecule has 0 aromatic heterocycles. The number of carbonyl (C=O) groups excluding carboxylic acids is 2. The van der Waals surface area contributed by atoms with Crippen LogP contribution in [0.5, 0.6) is 0 Å². The van der Waals surface area contributed by atoms with E-state index in [1.807, 2.05) is 24.3 Å².